The van der Waals surface area contributed by atoms with Gasteiger partial charge in [-0.2, -0.15) is 0 Å². The molecule has 0 amide bonds. The number of benzene rings is 2. The van der Waals surface area contributed by atoms with Crippen molar-refractivity contribution in [2.45, 2.75) is 28.7 Å². The number of carbonyl (C=O) groups is 1. The summed E-state index contributed by atoms with van der Waals surface area (Å²) in [7, 11) is 0. The fourth-order valence-corrected chi connectivity index (χ4v) is 4.92. The monoisotopic (exact) mass is 345 g/mol. The smallest absolute Gasteiger partial charge is 0.308 e. The van der Waals surface area contributed by atoms with E-state index in [1.807, 2.05) is 30.3 Å². The molecule has 0 aromatic heterocycles. The van der Waals surface area contributed by atoms with Gasteiger partial charge in [0.05, 0.1) is 17.6 Å². The quantitative estimate of drug-likeness (QED) is 0.802. The lowest BCUT2D eigenvalue weighted by molar-refractivity contribution is -0.143. The Balaban J connectivity index is 1.95. The SMILES string of the molecule is O=C(O)[C@@H]1CCCN2c3cc(Cl)ccc3Sc3ccccc3[C@H]12. The summed E-state index contributed by atoms with van der Waals surface area (Å²) in [6.07, 6.45) is 1.59. The molecule has 0 spiro atoms. The fraction of sp³-hybridized carbons (Fsp3) is 0.278. The third-order valence-electron chi connectivity index (χ3n) is 4.64. The minimum Gasteiger partial charge on any atom is -0.481 e. The maximum absolute atomic E-state index is 11.9. The minimum absolute atomic E-state index is 0.135. The Morgan fingerprint density at radius 2 is 2.04 bits per heavy atom. The van der Waals surface area contributed by atoms with Gasteiger partial charge in [0.25, 0.3) is 0 Å². The maximum atomic E-state index is 11.9. The van der Waals surface area contributed by atoms with Gasteiger partial charge in [-0.15, -0.1) is 0 Å². The molecule has 1 saturated heterocycles. The number of anilines is 1. The molecule has 2 heterocycles. The summed E-state index contributed by atoms with van der Waals surface area (Å²) in [6, 6.07) is 13.9. The van der Waals surface area contributed by atoms with Gasteiger partial charge in [0.1, 0.15) is 0 Å². The second-order valence-electron chi connectivity index (χ2n) is 5.98. The zero-order chi connectivity index (χ0) is 16.0. The molecule has 2 atom stereocenters. The predicted molar refractivity (Wildman–Crippen MR) is 92.5 cm³/mol. The molecule has 23 heavy (non-hydrogen) atoms. The molecule has 2 aromatic carbocycles. The van der Waals surface area contributed by atoms with Crippen LogP contribution < -0.4 is 4.90 Å². The van der Waals surface area contributed by atoms with Crippen LogP contribution in [-0.2, 0) is 4.79 Å². The van der Waals surface area contributed by atoms with Crippen LogP contribution in [-0.4, -0.2) is 17.6 Å². The van der Waals surface area contributed by atoms with E-state index in [9.17, 15) is 9.90 Å². The van der Waals surface area contributed by atoms with Gasteiger partial charge < -0.3 is 10.0 Å². The Morgan fingerprint density at radius 1 is 1.22 bits per heavy atom. The van der Waals surface area contributed by atoms with Crippen LogP contribution in [0.5, 0.6) is 0 Å². The molecule has 0 saturated carbocycles. The molecular formula is C18H16ClNO2S. The number of carboxylic acid groups (broad SMARTS) is 1. The summed E-state index contributed by atoms with van der Waals surface area (Å²) >= 11 is 7.92. The largest absolute Gasteiger partial charge is 0.481 e. The van der Waals surface area contributed by atoms with Gasteiger partial charge in [-0.05, 0) is 42.7 Å². The van der Waals surface area contributed by atoms with E-state index in [0.717, 1.165) is 34.0 Å². The molecule has 1 fully saturated rings. The highest BCUT2D eigenvalue weighted by Crippen LogP contribution is 2.50. The van der Waals surface area contributed by atoms with Crippen LogP contribution in [0.2, 0.25) is 5.02 Å². The Kier molecular flexibility index (Phi) is 3.74. The Bertz CT molecular complexity index is 779. The first kappa shape index (κ1) is 14.9. The minimum atomic E-state index is -0.718. The van der Waals surface area contributed by atoms with Crippen molar-refractivity contribution in [3.05, 3.63) is 53.1 Å². The molecule has 2 aliphatic heterocycles. The van der Waals surface area contributed by atoms with Crippen molar-refractivity contribution in [1.29, 1.82) is 0 Å². The predicted octanol–water partition coefficient (Wildman–Crippen LogP) is 4.85. The van der Waals surface area contributed by atoms with E-state index < -0.39 is 11.9 Å². The summed E-state index contributed by atoms with van der Waals surface area (Å²) in [5.74, 6) is -1.11. The molecule has 1 N–H and O–H groups in total. The molecular weight excluding hydrogens is 330 g/mol. The number of carboxylic acids is 1. The van der Waals surface area contributed by atoms with Crippen molar-refractivity contribution < 1.29 is 9.90 Å². The van der Waals surface area contributed by atoms with E-state index in [1.165, 1.54) is 0 Å². The average Bonchev–Trinajstić information content (AvgIpc) is 2.69. The summed E-state index contributed by atoms with van der Waals surface area (Å²) in [5, 5.41) is 10.4. The second-order valence-corrected chi connectivity index (χ2v) is 7.50. The van der Waals surface area contributed by atoms with Crippen molar-refractivity contribution in [3.63, 3.8) is 0 Å². The first-order valence-electron chi connectivity index (χ1n) is 7.71. The van der Waals surface area contributed by atoms with Crippen LogP contribution in [0.15, 0.2) is 52.3 Å². The van der Waals surface area contributed by atoms with Crippen LogP contribution in [0.25, 0.3) is 0 Å². The summed E-state index contributed by atoms with van der Waals surface area (Å²) in [5.41, 5.74) is 2.16. The lowest BCUT2D eigenvalue weighted by atomic mass is 9.84. The number of hydrogen-bond donors (Lipinski definition) is 1. The number of aliphatic carboxylic acids is 1. The highest BCUT2D eigenvalue weighted by molar-refractivity contribution is 7.99. The molecule has 0 radical (unpaired) electrons. The van der Waals surface area contributed by atoms with Crippen LogP contribution in [0.1, 0.15) is 24.4 Å². The van der Waals surface area contributed by atoms with Crippen molar-refractivity contribution in [3.8, 4) is 0 Å². The normalized spacial score (nSPS) is 22.6. The fourth-order valence-electron chi connectivity index (χ4n) is 3.65. The number of piperidine rings is 1. The van der Waals surface area contributed by atoms with Crippen LogP contribution in [0, 0.1) is 5.92 Å². The first-order chi connectivity index (χ1) is 11.1. The first-order valence-corrected chi connectivity index (χ1v) is 8.90. The second kappa shape index (κ2) is 5.77. The Labute approximate surface area is 144 Å². The van der Waals surface area contributed by atoms with E-state index in [2.05, 4.69) is 17.0 Å². The highest BCUT2D eigenvalue weighted by Gasteiger charge is 2.40. The van der Waals surface area contributed by atoms with E-state index in [-0.39, 0.29) is 6.04 Å². The van der Waals surface area contributed by atoms with Crippen molar-refractivity contribution in [1.82, 2.24) is 0 Å². The van der Waals surface area contributed by atoms with Gasteiger partial charge in [-0.25, -0.2) is 0 Å². The molecule has 4 rings (SSSR count). The number of hydrogen-bond acceptors (Lipinski definition) is 3. The Hall–Kier alpha value is -1.65. The zero-order valence-electron chi connectivity index (χ0n) is 12.4. The van der Waals surface area contributed by atoms with Gasteiger partial charge in [0.15, 0.2) is 0 Å². The lowest BCUT2D eigenvalue weighted by Gasteiger charge is -2.41. The van der Waals surface area contributed by atoms with Crippen molar-refractivity contribution >= 4 is 35.0 Å². The standard InChI is InChI=1S/C18H16ClNO2S/c19-11-7-8-16-14(10-11)20-9-3-5-13(18(21)22)17(20)12-4-1-2-6-15(12)23-16/h1-2,4,6-8,10,13,17H,3,5,9H2,(H,21,22)/t13-,17-/m1/s1. The molecule has 0 unspecified atom stereocenters. The van der Waals surface area contributed by atoms with Crippen molar-refractivity contribution in [2.75, 3.05) is 11.4 Å². The van der Waals surface area contributed by atoms with E-state index in [1.54, 1.807) is 11.8 Å². The third-order valence-corrected chi connectivity index (χ3v) is 6.03. The van der Waals surface area contributed by atoms with Crippen LogP contribution in [0.4, 0.5) is 5.69 Å². The summed E-state index contributed by atoms with van der Waals surface area (Å²) < 4.78 is 0. The van der Waals surface area contributed by atoms with Gasteiger partial charge in [0.2, 0.25) is 0 Å². The van der Waals surface area contributed by atoms with Gasteiger partial charge in [0, 0.05) is 21.4 Å². The molecule has 3 nitrogen and oxygen atoms in total. The van der Waals surface area contributed by atoms with E-state index >= 15 is 0 Å². The molecule has 2 aromatic rings. The zero-order valence-corrected chi connectivity index (χ0v) is 14.0. The van der Waals surface area contributed by atoms with Gasteiger partial charge in [-0.3, -0.25) is 4.79 Å². The Morgan fingerprint density at radius 3 is 2.87 bits per heavy atom. The maximum Gasteiger partial charge on any atom is 0.308 e. The molecule has 2 aliphatic rings. The summed E-state index contributed by atoms with van der Waals surface area (Å²) in [4.78, 5) is 16.4. The van der Waals surface area contributed by atoms with Crippen molar-refractivity contribution in [2.24, 2.45) is 5.92 Å². The highest BCUT2D eigenvalue weighted by atomic mass is 35.5. The number of nitrogens with zero attached hydrogens (tertiary/aromatic N) is 1. The van der Waals surface area contributed by atoms with E-state index in [4.69, 9.17) is 11.6 Å². The van der Waals surface area contributed by atoms with E-state index in [0.29, 0.717) is 11.4 Å². The topological polar surface area (TPSA) is 40.5 Å². The summed E-state index contributed by atoms with van der Waals surface area (Å²) in [6.45, 7) is 0.858. The molecule has 0 aliphatic carbocycles. The number of fused-ring (bicyclic) bond motifs is 5. The lowest BCUT2D eigenvalue weighted by Crippen LogP contribution is -2.42. The van der Waals surface area contributed by atoms with Gasteiger partial charge in [-0.1, -0.05) is 41.6 Å². The third kappa shape index (κ3) is 2.50. The molecule has 118 valence electrons. The van der Waals surface area contributed by atoms with Gasteiger partial charge >= 0.3 is 5.97 Å². The van der Waals surface area contributed by atoms with Crippen LogP contribution >= 0.6 is 23.4 Å². The number of halogens is 1. The van der Waals surface area contributed by atoms with Crippen LogP contribution in [0.3, 0.4) is 0 Å². The molecule has 0 bridgehead atoms. The average molecular weight is 346 g/mol. The number of rotatable bonds is 1. The molecule has 5 heteroatoms.